The zero-order valence-corrected chi connectivity index (χ0v) is 10.6. The molecular weight excluding hydrogens is 231 g/mol. The van der Waals surface area contributed by atoms with Gasteiger partial charge in [0, 0.05) is 29.9 Å². The van der Waals surface area contributed by atoms with E-state index in [1.165, 1.54) is 12.1 Å². The van der Waals surface area contributed by atoms with Crippen molar-refractivity contribution in [2.75, 3.05) is 0 Å². The Bertz CT molecular complexity index is 587. The van der Waals surface area contributed by atoms with Crippen LogP contribution in [0, 0.1) is 5.82 Å². The number of nitrogens with zero attached hydrogens (tertiary/aromatic N) is 2. The summed E-state index contributed by atoms with van der Waals surface area (Å²) in [7, 11) is 1.80. The first kappa shape index (κ1) is 12.5. The standard InChI is InChI=1S/C14H15FN2O/c1-9(2)14-12(7-17(3)16-14)11-6-10(8-18)4-5-13(11)15/h4-9H,1-3H3. The van der Waals surface area contributed by atoms with Crippen molar-refractivity contribution >= 4 is 6.29 Å². The number of carbonyl (C=O) groups is 1. The lowest BCUT2D eigenvalue weighted by Gasteiger charge is -2.07. The molecule has 2 rings (SSSR count). The van der Waals surface area contributed by atoms with Gasteiger partial charge in [-0.1, -0.05) is 13.8 Å². The summed E-state index contributed by atoms with van der Waals surface area (Å²) >= 11 is 0. The minimum Gasteiger partial charge on any atom is -0.298 e. The zero-order chi connectivity index (χ0) is 13.3. The van der Waals surface area contributed by atoms with E-state index in [1.807, 2.05) is 13.8 Å². The molecule has 0 bridgehead atoms. The third-order valence-corrected chi connectivity index (χ3v) is 2.82. The van der Waals surface area contributed by atoms with Gasteiger partial charge in [0.2, 0.25) is 0 Å². The highest BCUT2D eigenvalue weighted by Crippen LogP contribution is 2.30. The molecule has 0 saturated heterocycles. The van der Waals surface area contributed by atoms with Crippen LogP contribution < -0.4 is 0 Å². The number of halogens is 1. The van der Waals surface area contributed by atoms with E-state index in [1.54, 1.807) is 24.0 Å². The van der Waals surface area contributed by atoms with Crippen LogP contribution in [0.15, 0.2) is 24.4 Å². The van der Waals surface area contributed by atoms with Crippen LogP contribution in [0.1, 0.15) is 35.8 Å². The van der Waals surface area contributed by atoms with Gasteiger partial charge < -0.3 is 0 Å². The maximum Gasteiger partial charge on any atom is 0.150 e. The summed E-state index contributed by atoms with van der Waals surface area (Å²) in [6, 6.07) is 4.35. The number of benzene rings is 1. The van der Waals surface area contributed by atoms with E-state index in [9.17, 15) is 9.18 Å². The smallest absolute Gasteiger partial charge is 0.150 e. The number of hydrogen-bond donors (Lipinski definition) is 0. The molecule has 0 aliphatic carbocycles. The van der Waals surface area contributed by atoms with Crippen LogP contribution in [0.2, 0.25) is 0 Å². The predicted molar refractivity (Wildman–Crippen MR) is 68.1 cm³/mol. The largest absolute Gasteiger partial charge is 0.298 e. The molecule has 2 aromatic rings. The molecule has 0 aliphatic heterocycles. The van der Waals surface area contributed by atoms with Gasteiger partial charge in [0.15, 0.2) is 0 Å². The second kappa shape index (κ2) is 4.72. The van der Waals surface area contributed by atoms with Gasteiger partial charge in [-0.05, 0) is 24.1 Å². The molecule has 94 valence electrons. The molecule has 0 radical (unpaired) electrons. The normalized spacial score (nSPS) is 10.9. The van der Waals surface area contributed by atoms with Crippen molar-refractivity contribution in [3.05, 3.63) is 41.5 Å². The lowest BCUT2D eigenvalue weighted by molar-refractivity contribution is 0.112. The average molecular weight is 246 g/mol. The Labute approximate surface area is 105 Å². The van der Waals surface area contributed by atoms with Gasteiger partial charge in [-0.3, -0.25) is 9.48 Å². The fourth-order valence-electron chi connectivity index (χ4n) is 1.96. The number of aldehydes is 1. The van der Waals surface area contributed by atoms with Crippen LogP contribution in [0.4, 0.5) is 4.39 Å². The maximum atomic E-state index is 13.9. The Kier molecular flexibility index (Phi) is 3.28. The number of rotatable bonds is 3. The summed E-state index contributed by atoms with van der Waals surface area (Å²) in [5.74, 6) is -0.143. The first-order valence-corrected chi connectivity index (χ1v) is 5.81. The highest BCUT2D eigenvalue weighted by atomic mass is 19.1. The molecule has 0 saturated carbocycles. The number of hydrogen-bond acceptors (Lipinski definition) is 2. The van der Waals surface area contributed by atoms with Crippen molar-refractivity contribution in [3.63, 3.8) is 0 Å². The highest BCUT2D eigenvalue weighted by Gasteiger charge is 2.16. The third kappa shape index (κ3) is 2.18. The van der Waals surface area contributed by atoms with Crippen LogP contribution in [0.25, 0.3) is 11.1 Å². The van der Waals surface area contributed by atoms with Gasteiger partial charge in [-0.2, -0.15) is 5.10 Å². The third-order valence-electron chi connectivity index (χ3n) is 2.82. The van der Waals surface area contributed by atoms with E-state index in [2.05, 4.69) is 5.10 Å². The van der Waals surface area contributed by atoms with Gasteiger partial charge >= 0.3 is 0 Å². The monoisotopic (exact) mass is 246 g/mol. The minimum atomic E-state index is -0.337. The van der Waals surface area contributed by atoms with E-state index in [0.717, 1.165) is 11.3 Å². The molecule has 0 fully saturated rings. The van der Waals surface area contributed by atoms with Crippen molar-refractivity contribution in [1.29, 1.82) is 0 Å². The Morgan fingerprint density at radius 1 is 1.33 bits per heavy atom. The van der Waals surface area contributed by atoms with Gasteiger partial charge in [0.05, 0.1) is 5.69 Å². The van der Waals surface area contributed by atoms with Crippen molar-refractivity contribution in [2.45, 2.75) is 19.8 Å². The van der Waals surface area contributed by atoms with Gasteiger partial charge in [-0.15, -0.1) is 0 Å². The van der Waals surface area contributed by atoms with Crippen molar-refractivity contribution < 1.29 is 9.18 Å². The Hall–Kier alpha value is -1.97. The molecule has 0 spiro atoms. The van der Waals surface area contributed by atoms with Crippen LogP contribution in [-0.4, -0.2) is 16.1 Å². The van der Waals surface area contributed by atoms with E-state index in [4.69, 9.17) is 0 Å². The fourth-order valence-corrected chi connectivity index (χ4v) is 1.96. The SMILES string of the molecule is CC(C)c1nn(C)cc1-c1cc(C=O)ccc1F. The fraction of sp³-hybridized carbons (Fsp3) is 0.286. The summed E-state index contributed by atoms with van der Waals surface area (Å²) in [6.45, 7) is 4.01. The average Bonchev–Trinajstić information content (AvgIpc) is 2.72. The molecule has 4 heteroatoms. The maximum absolute atomic E-state index is 13.9. The molecule has 3 nitrogen and oxygen atoms in total. The molecule has 0 N–H and O–H groups in total. The summed E-state index contributed by atoms with van der Waals surface area (Å²) in [5, 5.41) is 4.34. The van der Waals surface area contributed by atoms with Gasteiger partial charge in [0.25, 0.3) is 0 Å². The van der Waals surface area contributed by atoms with Gasteiger partial charge in [-0.25, -0.2) is 4.39 Å². The van der Waals surface area contributed by atoms with Crippen LogP contribution in [0.5, 0.6) is 0 Å². The minimum absolute atomic E-state index is 0.195. The van der Waals surface area contributed by atoms with Crippen LogP contribution in [0.3, 0.4) is 0 Å². The molecule has 18 heavy (non-hydrogen) atoms. The van der Waals surface area contributed by atoms with Crippen molar-refractivity contribution in [3.8, 4) is 11.1 Å². The second-order valence-corrected chi connectivity index (χ2v) is 4.61. The van der Waals surface area contributed by atoms with E-state index in [0.29, 0.717) is 17.4 Å². The number of aromatic nitrogens is 2. The Morgan fingerprint density at radius 3 is 2.67 bits per heavy atom. The predicted octanol–water partition coefficient (Wildman–Crippen LogP) is 3.16. The summed E-state index contributed by atoms with van der Waals surface area (Å²) in [5.41, 5.74) is 2.47. The summed E-state index contributed by atoms with van der Waals surface area (Å²) in [6.07, 6.45) is 2.50. The zero-order valence-electron chi connectivity index (χ0n) is 10.6. The quantitative estimate of drug-likeness (QED) is 0.780. The Morgan fingerprint density at radius 2 is 2.06 bits per heavy atom. The van der Waals surface area contributed by atoms with Crippen molar-refractivity contribution in [2.24, 2.45) is 7.05 Å². The molecule has 1 aromatic heterocycles. The van der Waals surface area contributed by atoms with E-state index in [-0.39, 0.29) is 11.7 Å². The molecule has 1 heterocycles. The molecule has 1 aromatic carbocycles. The second-order valence-electron chi connectivity index (χ2n) is 4.61. The van der Waals surface area contributed by atoms with Crippen molar-refractivity contribution in [1.82, 2.24) is 9.78 Å². The molecule has 0 atom stereocenters. The topological polar surface area (TPSA) is 34.9 Å². The molecule has 0 aliphatic rings. The number of aryl methyl sites for hydroxylation is 1. The summed E-state index contributed by atoms with van der Waals surface area (Å²) < 4.78 is 15.6. The molecular formula is C14H15FN2O. The lowest BCUT2D eigenvalue weighted by Crippen LogP contribution is -1.95. The first-order chi connectivity index (χ1) is 8.52. The first-order valence-electron chi connectivity index (χ1n) is 5.81. The van der Waals surface area contributed by atoms with Crippen LogP contribution >= 0.6 is 0 Å². The molecule has 0 amide bonds. The number of carbonyl (C=O) groups excluding carboxylic acids is 1. The molecule has 0 unspecified atom stereocenters. The van der Waals surface area contributed by atoms with E-state index < -0.39 is 0 Å². The van der Waals surface area contributed by atoms with Gasteiger partial charge in [0.1, 0.15) is 12.1 Å². The summed E-state index contributed by atoms with van der Waals surface area (Å²) in [4.78, 5) is 10.8. The lowest BCUT2D eigenvalue weighted by atomic mass is 9.98. The van der Waals surface area contributed by atoms with E-state index >= 15 is 0 Å². The Balaban J connectivity index is 2.64. The van der Waals surface area contributed by atoms with Crippen LogP contribution in [-0.2, 0) is 7.05 Å². The highest BCUT2D eigenvalue weighted by molar-refractivity contribution is 5.79.